The highest BCUT2D eigenvalue weighted by Gasteiger charge is 2.35. The molecule has 8 heteroatoms. The Morgan fingerprint density at radius 3 is 2.66 bits per heavy atom. The van der Waals surface area contributed by atoms with Crippen LogP contribution in [0.5, 0.6) is 0 Å². The summed E-state index contributed by atoms with van der Waals surface area (Å²) in [5.74, 6) is -1.15. The molecule has 1 aromatic heterocycles. The van der Waals surface area contributed by atoms with Gasteiger partial charge < -0.3 is 10.1 Å². The molecule has 1 aliphatic carbocycles. The largest absolute Gasteiger partial charge is 0.462 e. The number of hydrogen-bond acceptors (Lipinski definition) is 5. The van der Waals surface area contributed by atoms with E-state index in [1.165, 1.54) is 29.5 Å². The number of thiophene rings is 1. The SMILES string of the molecule is CCOC(=O)c1c(NC(=S)NC(=O)c2ccccc2F)sc2c1CC[C@@H](C(C)(C)CC)C2. The number of amides is 1. The fraction of sp³-hybridized carbons (Fsp3) is 0.458. The molecule has 0 bridgehead atoms. The number of rotatable bonds is 6. The monoisotopic (exact) mass is 476 g/mol. The molecule has 32 heavy (non-hydrogen) atoms. The summed E-state index contributed by atoms with van der Waals surface area (Å²) in [7, 11) is 0. The number of fused-ring (bicyclic) bond motifs is 1. The molecule has 0 spiro atoms. The summed E-state index contributed by atoms with van der Waals surface area (Å²) in [6, 6.07) is 5.69. The van der Waals surface area contributed by atoms with Crippen molar-refractivity contribution in [1.82, 2.24) is 5.32 Å². The molecule has 1 aromatic carbocycles. The van der Waals surface area contributed by atoms with Crippen molar-refractivity contribution in [2.75, 3.05) is 11.9 Å². The molecule has 1 heterocycles. The van der Waals surface area contributed by atoms with Crippen molar-refractivity contribution in [1.29, 1.82) is 0 Å². The fourth-order valence-corrected chi connectivity index (χ4v) is 5.58. The summed E-state index contributed by atoms with van der Waals surface area (Å²) >= 11 is 6.77. The van der Waals surface area contributed by atoms with E-state index in [-0.39, 0.29) is 22.7 Å². The van der Waals surface area contributed by atoms with E-state index in [1.807, 2.05) is 0 Å². The lowest BCUT2D eigenvalue weighted by atomic mass is 9.69. The molecule has 0 saturated heterocycles. The predicted molar refractivity (Wildman–Crippen MR) is 130 cm³/mol. The van der Waals surface area contributed by atoms with E-state index >= 15 is 0 Å². The molecule has 0 fully saturated rings. The highest BCUT2D eigenvalue weighted by atomic mass is 32.1. The summed E-state index contributed by atoms with van der Waals surface area (Å²) in [5.41, 5.74) is 1.60. The first-order valence-corrected chi connectivity index (χ1v) is 12.1. The molecule has 1 aliphatic rings. The number of nitrogens with one attached hydrogen (secondary N) is 2. The average molecular weight is 477 g/mol. The van der Waals surface area contributed by atoms with Crippen LogP contribution in [0.1, 0.15) is 71.7 Å². The van der Waals surface area contributed by atoms with Crippen LogP contribution in [-0.4, -0.2) is 23.6 Å². The van der Waals surface area contributed by atoms with Crippen LogP contribution in [0, 0.1) is 17.2 Å². The van der Waals surface area contributed by atoms with Gasteiger partial charge in [-0.15, -0.1) is 11.3 Å². The molecule has 3 rings (SSSR count). The quantitative estimate of drug-likeness (QED) is 0.412. The van der Waals surface area contributed by atoms with Gasteiger partial charge in [-0.25, -0.2) is 9.18 Å². The summed E-state index contributed by atoms with van der Waals surface area (Å²) in [4.78, 5) is 26.3. The maximum atomic E-state index is 13.9. The van der Waals surface area contributed by atoms with Crippen molar-refractivity contribution in [2.24, 2.45) is 11.3 Å². The number of halogens is 1. The zero-order chi connectivity index (χ0) is 23.5. The second kappa shape index (κ2) is 10.1. The molecule has 0 radical (unpaired) electrons. The Kier molecular flexibility index (Phi) is 7.67. The second-order valence-corrected chi connectivity index (χ2v) is 10.1. The first kappa shape index (κ1) is 24.3. The van der Waals surface area contributed by atoms with Gasteiger partial charge in [0.1, 0.15) is 10.8 Å². The van der Waals surface area contributed by atoms with Crippen LogP contribution >= 0.6 is 23.6 Å². The van der Waals surface area contributed by atoms with Gasteiger partial charge in [-0.2, -0.15) is 0 Å². The second-order valence-electron chi connectivity index (χ2n) is 8.60. The summed E-state index contributed by atoms with van der Waals surface area (Å²) < 4.78 is 19.2. The molecule has 0 saturated carbocycles. The predicted octanol–water partition coefficient (Wildman–Crippen LogP) is 5.73. The summed E-state index contributed by atoms with van der Waals surface area (Å²) in [6.07, 6.45) is 3.78. The number of ether oxygens (including phenoxy) is 1. The van der Waals surface area contributed by atoms with E-state index in [4.69, 9.17) is 17.0 Å². The van der Waals surface area contributed by atoms with E-state index in [2.05, 4.69) is 31.4 Å². The van der Waals surface area contributed by atoms with Gasteiger partial charge in [0.05, 0.1) is 17.7 Å². The van der Waals surface area contributed by atoms with Crippen LogP contribution in [0.25, 0.3) is 0 Å². The standard InChI is InChI=1S/C24H29FN2O3S2/c1-5-24(3,4)14-11-12-16-18(13-14)32-21(19(16)22(29)30-6-2)27-23(31)26-20(28)15-9-7-8-10-17(15)25/h7-10,14H,5-6,11-13H2,1-4H3,(H2,26,27,28,31)/t14-/m1/s1. The summed E-state index contributed by atoms with van der Waals surface area (Å²) in [6.45, 7) is 8.81. The molecule has 1 amide bonds. The molecular weight excluding hydrogens is 447 g/mol. The summed E-state index contributed by atoms with van der Waals surface area (Å²) in [5, 5.41) is 6.06. The minimum absolute atomic E-state index is 0.00726. The van der Waals surface area contributed by atoms with E-state index in [0.29, 0.717) is 16.5 Å². The van der Waals surface area contributed by atoms with Gasteiger partial charge in [-0.05, 0) is 67.4 Å². The molecule has 2 N–H and O–H groups in total. The lowest BCUT2D eigenvalue weighted by Crippen LogP contribution is -2.34. The van der Waals surface area contributed by atoms with E-state index in [9.17, 15) is 14.0 Å². The molecule has 0 unspecified atom stereocenters. The van der Waals surface area contributed by atoms with Crippen LogP contribution in [0.4, 0.5) is 9.39 Å². The Balaban J connectivity index is 1.84. The van der Waals surface area contributed by atoms with E-state index in [1.54, 1.807) is 13.0 Å². The van der Waals surface area contributed by atoms with Crippen LogP contribution in [0.2, 0.25) is 0 Å². The van der Waals surface area contributed by atoms with Gasteiger partial charge in [0.2, 0.25) is 0 Å². The minimum atomic E-state index is -0.649. The Bertz CT molecular complexity index is 1030. The third-order valence-corrected chi connectivity index (χ3v) is 7.71. The van der Waals surface area contributed by atoms with Crippen LogP contribution < -0.4 is 10.6 Å². The van der Waals surface area contributed by atoms with Crippen molar-refractivity contribution in [3.05, 3.63) is 51.7 Å². The maximum absolute atomic E-state index is 13.9. The van der Waals surface area contributed by atoms with Gasteiger partial charge in [0, 0.05) is 4.88 Å². The average Bonchev–Trinajstić information content (AvgIpc) is 3.10. The van der Waals surface area contributed by atoms with Gasteiger partial charge in [0.25, 0.3) is 5.91 Å². The molecule has 1 atom stereocenters. The van der Waals surface area contributed by atoms with Crippen LogP contribution in [0.15, 0.2) is 24.3 Å². The first-order chi connectivity index (χ1) is 15.2. The lowest BCUT2D eigenvalue weighted by molar-refractivity contribution is 0.0526. The number of esters is 1. The highest BCUT2D eigenvalue weighted by Crippen LogP contribution is 2.45. The normalized spacial score (nSPS) is 15.6. The van der Waals surface area contributed by atoms with Crippen LogP contribution in [-0.2, 0) is 17.6 Å². The third kappa shape index (κ3) is 5.18. The Morgan fingerprint density at radius 1 is 1.28 bits per heavy atom. The third-order valence-electron chi connectivity index (χ3n) is 6.33. The van der Waals surface area contributed by atoms with Gasteiger partial charge >= 0.3 is 5.97 Å². The fourth-order valence-electron chi connectivity index (χ4n) is 4.00. The minimum Gasteiger partial charge on any atom is -0.462 e. The highest BCUT2D eigenvalue weighted by molar-refractivity contribution is 7.80. The number of carbonyl (C=O) groups excluding carboxylic acids is 2. The first-order valence-electron chi connectivity index (χ1n) is 10.9. The van der Waals surface area contributed by atoms with Gasteiger partial charge in [-0.3, -0.25) is 10.1 Å². The Labute approximate surface area is 197 Å². The molecule has 5 nitrogen and oxygen atoms in total. The van der Waals surface area contributed by atoms with E-state index in [0.717, 1.165) is 36.1 Å². The van der Waals surface area contributed by atoms with E-state index < -0.39 is 17.7 Å². The van der Waals surface area contributed by atoms with Crippen molar-refractivity contribution >= 4 is 45.5 Å². The topological polar surface area (TPSA) is 67.4 Å². The van der Waals surface area contributed by atoms with Gasteiger partial charge in [0.15, 0.2) is 5.11 Å². The molecule has 172 valence electrons. The molecular formula is C24H29FN2O3S2. The Morgan fingerprint density at radius 2 is 2.00 bits per heavy atom. The van der Waals surface area contributed by atoms with Crippen LogP contribution in [0.3, 0.4) is 0 Å². The zero-order valence-corrected chi connectivity index (χ0v) is 20.5. The zero-order valence-electron chi connectivity index (χ0n) is 18.8. The number of carbonyl (C=O) groups is 2. The van der Waals surface area contributed by atoms with Crippen molar-refractivity contribution in [2.45, 2.75) is 53.4 Å². The maximum Gasteiger partial charge on any atom is 0.341 e. The number of hydrogen-bond donors (Lipinski definition) is 2. The number of benzene rings is 1. The molecule has 0 aliphatic heterocycles. The lowest BCUT2D eigenvalue weighted by Gasteiger charge is -2.36. The smallest absolute Gasteiger partial charge is 0.341 e. The number of thiocarbonyl (C=S) groups is 1. The van der Waals surface area contributed by atoms with Crippen molar-refractivity contribution in [3.63, 3.8) is 0 Å². The number of anilines is 1. The van der Waals surface area contributed by atoms with Gasteiger partial charge in [-0.1, -0.05) is 39.3 Å². The molecule has 2 aromatic rings. The van der Waals surface area contributed by atoms with Crippen molar-refractivity contribution in [3.8, 4) is 0 Å². The van der Waals surface area contributed by atoms with Crippen molar-refractivity contribution < 1.29 is 18.7 Å². The Hall–Kier alpha value is -2.32.